The maximum Gasteiger partial charge on any atom is 0.269 e. The van der Waals surface area contributed by atoms with Crippen molar-refractivity contribution in [2.24, 2.45) is 22.9 Å². The van der Waals surface area contributed by atoms with E-state index in [0.717, 1.165) is 36.8 Å². The van der Waals surface area contributed by atoms with Crippen LogP contribution in [0.25, 0.3) is 6.08 Å². The Balaban J connectivity index is 1.54. The lowest BCUT2D eigenvalue weighted by atomic mass is 9.55. The van der Waals surface area contributed by atoms with Gasteiger partial charge in [0.05, 0.1) is 43.0 Å². The third-order valence-corrected chi connectivity index (χ3v) is 12.2. The van der Waals surface area contributed by atoms with Crippen molar-refractivity contribution >= 4 is 23.4 Å². The number of nitro groups is 1. The second-order valence-corrected chi connectivity index (χ2v) is 16.1. The number of aliphatic hydroxyl groups excluding tert-OH is 3. The van der Waals surface area contributed by atoms with E-state index in [1.807, 2.05) is 19.1 Å². The van der Waals surface area contributed by atoms with Gasteiger partial charge in [0.2, 0.25) is 11.7 Å². The van der Waals surface area contributed by atoms with E-state index in [4.69, 9.17) is 28.9 Å². The summed E-state index contributed by atoms with van der Waals surface area (Å²) >= 11 is 0. The van der Waals surface area contributed by atoms with Crippen LogP contribution in [0.2, 0.25) is 0 Å². The molecule has 0 spiro atoms. The van der Waals surface area contributed by atoms with Crippen LogP contribution in [0.3, 0.4) is 0 Å². The van der Waals surface area contributed by atoms with Gasteiger partial charge in [0, 0.05) is 61.4 Å². The Morgan fingerprint density at radius 3 is 2.50 bits per heavy atom. The number of allylic oxidation sites excluding steroid dienone is 1. The minimum atomic E-state index is -1.54. The molecule has 0 bridgehead atoms. The fourth-order valence-corrected chi connectivity index (χ4v) is 9.38. The van der Waals surface area contributed by atoms with Crippen molar-refractivity contribution in [1.29, 1.82) is 0 Å². The van der Waals surface area contributed by atoms with Gasteiger partial charge in [0.1, 0.15) is 36.6 Å². The zero-order chi connectivity index (χ0) is 45.5. The van der Waals surface area contributed by atoms with Crippen LogP contribution in [0.15, 0.2) is 102 Å². The normalized spacial score (nSPS) is 22.9. The summed E-state index contributed by atoms with van der Waals surface area (Å²) in [6, 6.07) is 17.0. The number of fused-ring (bicyclic) bond motifs is 2. The number of hydrogen-bond acceptors (Lipinski definition) is 12. The van der Waals surface area contributed by atoms with E-state index in [1.165, 1.54) is 24.3 Å². The third-order valence-electron chi connectivity index (χ3n) is 12.2. The molecular weight excluding hydrogens is 826 g/mol. The molecule has 3 aliphatic rings. The monoisotopic (exact) mass is 885 g/mol. The molecule has 1 saturated carbocycles. The molecule has 1 aliphatic heterocycles. The van der Waals surface area contributed by atoms with Crippen LogP contribution in [0.5, 0.6) is 11.5 Å². The maximum atomic E-state index is 14.8. The van der Waals surface area contributed by atoms with E-state index in [2.05, 4.69) is 12.7 Å². The highest BCUT2D eigenvalue weighted by Crippen LogP contribution is 2.62. The summed E-state index contributed by atoms with van der Waals surface area (Å²) < 4.78 is 41.1. The predicted molar refractivity (Wildman–Crippen MR) is 239 cm³/mol. The number of rotatable bonds is 25. The van der Waals surface area contributed by atoms with Crippen molar-refractivity contribution in [3.8, 4) is 11.5 Å². The van der Waals surface area contributed by atoms with Gasteiger partial charge < -0.3 is 44.0 Å². The number of non-ortho nitro benzene ring substituents is 1. The van der Waals surface area contributed by atoms with Crippen molar-refractivity contribution in [3.05, 3.63) is 130 Å². The first-order chi connectivity index (χ1) is 31.2. The minimum Gasteiger partial charge on any atom is -0.489 e. The first kappa shape index (κ1) is 48.0. The van der Waals surface area contributed by atoms with Crippen molar-refractivity contribution in [2.45, 2.75) is 76.2 Å². The Morgan fingerprint density at radius 2 is 1.80 bits per heavy atom. The van der Waals surface area contributed by atoms with Crippen LogP contribution in [0, 0.1) is 33.7 Å². The van der Waals surface area contributed by atoms with Crippen LogP contribution >= 0.6 is 0 Å². The highest BCUT2D eigenvalue weighted by Gasteiger charge is 2.65. The summed E-state index contributed by atoms with van der Waals surface area (Å²) in [5.41, 5.74) is 3.23. The van der Waals surface area contributed by atoms with E-state index in [9.17, 15) is 34.6 Å². The molecule has 6 rings (SSSR count). The number of carbonyl (C=O) groups is 1. The molecule has 6 atom stereocenters. The molecule has 15 heteroatoms. The van der Waals surface area contributed by atoms with Crippen molar-refractivity contribution in [3.63, 3.8) is 0 Å². The van der Waals surface area contributed by atoms with Gasteiger partial charge in [-0.3, -0.25) is 14.9 Å². The summed E-state index contributed by atoms with van der Waals surface area (Å²) in [6.07, 6.45) is 11.2. The van der Waals surface area contributed by atoms with Crippen molar-refractivity contribution in [2.75, 3.05) is 52.8 Å². The molecule has 3 aromatic rings. The number of amides is 1. The van der Waals surface area contributed by atoms with E-state index in [0.29, 0.717) is 41.2 Å². The topological polar surface area (TPSA) is 183 Å². The van der Waals surface area contributed by atoms with Crippen LogP contribution in [-0.4, -0.2) is 101 Å². The first-order valence-electron chi connectivity index (χ1n) is 22.2. The number of oxime groups is 1. The standard InChI is InChI=1S/C49H60FN3O11/c1-3-27-62-49-45(52(23-28-60-29-26-56)46(57)22-17-34-15-18-37(19-16-34)53(58)59)32-43(51-63-4-2)40-30-35(11-7-9-24-54)39(13-8-10-25-55)47(48(40)49)41-31-38(20-21-44(41)64-49)61-33-36-12-5-6-14-42(36)50/h3,5-6,12,14-22,30-31,35,39,45,47-48,54-56H,1,4,7-11,13,23-29,32-33H2,2H3/t35-,39+,45-,47+,48+,49+/m0/s1. The second-order valence-electron chi connectivity index (χ2n) is 16.1. The van der Waals surface area contributed by atoms with E-state index < -0.39 is 28.6 Å². The second kappa shape index (κ2) is 23.5. The van der Waals surface area contributed by atoms with E-state index in [-0.39, 0.29) is 95.1 Å². The largest absolute Gasteiger partial charge is 0.489 e. The molecule has 344 valence electrons. The molecule has 1 amide bonds. The third kappa shape index (κ3) is 11.2. The number of aliphatic hydroxyl groups is 3. The zero-order valence-electron chi connectivity index (χ0n) is 36.4. The van der Waals surface area contributed by atoms with Gasteiger partial charge in [0.25, 0.3) is 5.69 Å². The van der Waals surface area contributed by atoms with Crippen molar-refractivity contribution < 1.29 is 53.2 Å². The van der Waals surface area contributed by atoms with E-state index >= 15 is 0 Å². The van der Waals surface area contributed by atoms with Gasteiger partial charge in [-0.15, -0.1) is 6.58 Å². The van der Waals surface area contributed by atoms with Gasteiger partial charge in [-0.25, -0.2) is 4.39 Å². The smallest absolute Gasteiger partial charge is 0.269 e. The summed E-state index contributed by atoms with van der Waals surface area (Å²) in [5, 5.41) is 45.4. The van der Waals surface area contributed by atoms with Gasteiger partial charge >= 0.3 is 0 Å². The van der Waals surface area contributed by atoms with Crippen LogP contribution in [0.1, 0.15) is 74.5 Å². The van der Waals surface area contributed by atoms with Crippen LogP contribution < -0.4 is 9.47 Å². The lowest BCUT2D eigenvalue weighted by molar-refractivity contribution is -0.384. The molecule has 1 fully saturated rings. The number of nitrogens with zero attached hydrogens (tertiary/aromatic N) is 3. The Kier molecular flexibility index (Phi) is 17.6. The Labute approximate surface area is 373 Å². The van der Waals surface area contributed by atoms with E-state index in [1.54, 1.807) is 53.5 Å². The number of nitro benzene ring substituents is 1. The fourth-order valence-electron chi connectivity index (χ4n) is 9.38. The molecule has 0 radical (unpaired) electrons. The van der Waals surface area contributed by atoms with Crippen LogP contribution in [0.4, 0.5) is 10.1 Å². The molecule has 0 saturated heterocycles. The Bertz CT molecular complexity index is 2130. The lowest BCUT2D eigenvalue weighted by Crippen LogP contribution is -2.70. The number of benzene rings is 3. The average Bonchev–Trinajstić information content (AvgIpc) is 3.30. The number of carbonyl (C=O) groups excluding carboxylic acids is 1. The van der Waals surface area contributed by atoms with Crippen molar-refractivity contribution in [1.82, 2.24) is 4.90 Å². The average molecular weight is 886 g/mol. The summed E-state index contributed by atoms with van der Waals surface area (Å²) in [5.74, 6) is -2.24. The molecule has 0 aromatic heterocycles. The molecule has 0 unspecified atom stereocenters. The summed E-state index contributed by atoms with van der Waals surface area (Å²) in [6.45, 7) is 6.23. The molecule has 14 nitrogen and oxygen atoms in total. The zero-order valence-corrected chi connectivity index (χ0v) is 36.4. The maximum absolute atomic E-state index is 14.8. The molecule has 1 heterocycles. The van der Waals surface area contributed by atoms with Gasteiger partial charge in [-0.1, -0.05) is 48.3 Å². The van der Waals surface area contributed by atoms with Crippen LogP contribution in [-0.2, 0) is 25.7 Å². The number of ether oxygens (including phenoxy) is 4. The number of hydrogen-bond donors (Lipinski definition) is 3. The Hall–Kier alpha value is -5.45. The number of unbranched alkanes of at least 4 members (excludes halogenated alkanes) is 2. The van der Waals surface area contributed by atoms with Gasteiger partial charge in [0.15, 0.2) is 0 Å². The highest BCUT2D eigenvalue weighted by molar-refractivity contribution is 6.03. The quantitative estimate of drug-likeness (QED) is 0.0252. The predicted octanol–water partition coefficient (Wildman–Crippen LogP) is 7.52. The molecular formula is C49H60FN3O11. The van der Waals surface area contributed by atoms with Gasteiger partial charge in [-0.05, 0) is 98.1 Å². The summed E-state index contributed by atoms with van der Waals surface area (Å²) in [4.78, 5) is 33.1. The molecule has 3 N–H and O–H groups in total. The highest BCUT2D eigenvalue weighted by atomic mass is 19.1. The minimum absolute atomic E-state index is 0.00227. The molecule has 3 aromatic carbocycles. The molecule has 64 heavy (non-hydrogen) atoms. The first-order valence-corrected chi connectivity index (χ1v) is 22.2. The Morgan fingerprint density at radius 1 is 1.03 bits per heavy atom. The SMILES string of the molecule is C=CCO[C@@]12Oc3ccc(OCc4ccccc4F)cc3[C@H]3[C@H](CCCCO)[C@@H](CCCCO)C=C(C(=NOCC)C[C@@H]1N(CCOCCO)C(=O)C=Cc1ccc([N+](=O)[O-])cc1)[C@H]32. The lowest BCUT2D eigenvalue weighted by Gasteiger charge is -2.60. The fraction of sp³-hybridized carbons (Fsp3) is 0.469. The number of halogens is 1. The molecule has 2 aliphatic carbocycles. The van der Waals surface area contributed by atoms with Gasteiger partial charge in [-0.2, -0.15) is 0 Å². The summed E-state index contributed by atoms with van der Waals surface area (Å²) in [7, 11) is 0.